The minimum absolute atomic E-state index is 0.0407. The van der Waals surface area contributed by atoms with Gasteiger partial charge in [-0.1, -0.05) is 6.07 Å². The molecule has 0 aromatic carbocycles. The lowest BCUT2D eigenvalue weighted by Gasteiger charge is -2.13. The molecule has 1 unspecified atom stereocenters. The third kappa shape index (κ3) is 3.26. The van der Waals surface area contributed by atoms with E-state index in [0.717, 1.165) is 18.9 Å². The Balaban J connectivity index is 1.91. The molecule has 0 radical (unpaired) electrons. The van der Waals surface area contributed by atoms with Crippen LogP contribution in [0.25, 0.3) is 0 Å². The number of rotatable bonds is 4. The number of halogens is 1. The predicted molar refractivity (Wildman–Crippen MR) is 62.3 cm³/mol. The molecule has 1 fully saturated rings. The van der Waals surface area contributed by atoms with Gasteiger partial charge in [-0.2, -0.15) is 4.39 Å². The number of amides is 2. The molecule has 2 rings (SSSR count). The molecule has 0 aliphatic heterocycles. The maximum atomic E-state index is 12.8. The van der Waals surface area contributed by atoms with Gasteiger partial charge in [-0.15, -0.1) is 0 Å². The van der Waals surface area contributed by atoms with Crippen molar-refractivity contribution in [1.82, 2.24) is 15.6 Å². The van der Waals surface area contributed by atoms with Crippen LogP contribution in [0.5, 0.6) is 0 Å². The Morgan fingerprint density at radius 3 is 2.78 bits per heavy atom. The Morgan fingerprint density at radius 2 is 2.17 bits per heavy atom. The molecule has 1 aromatic rings. The number of carbonyl (C=O) groups is 2. The van der Waals surface area contributed by atoms with E-state index < -0.39 is 17.9 Å². The van der Waals surface area contributed by atoms with Crippen molar-refractivity contribution < 1.29 is 14.0 Å². The monoisotopic (exact) mass is 251 g/mol. The van der Waals surface area contributed by atoms with Gasteiger partial charge >= 0.3 is 0 Å². The molecule has 2 amide bonds. The van der Waals surface area contributed by atoms with Crippen LogP contribution in [0.15, 0.2) is 18.2 Å². The zero-order valence-corrected chi connectivity index (χ0v) is 9.94. The van der Waals surface area contributed by atoms with Crippen LogP contribution < -0.4 is 10.6 Å². The maximum Gasteiger partial charge on any atom is 0.270 e. The van der Waals surface area contributed by atoms with E-state index in [1.165, 1.54) is 12.1 Å². The average Bonchev–Trinajstić information content (AvgIpc) is 3.12. The van der Waals surface area contributed by atoms with Crippen LogP contribution in [-0.2, 0) is 4.79 Å². The highest BCUT2D eigenvalue weighted by Crippen LogP contribution is 2.18. The SMILES string of the molecule is CC(NC(=O)c1cccc(F)n1)C(=O)NC1CC1. The zero-order chi connectivity index (χ0) is 13.1. The van der Waals surface area contributed by atoms with E-state index in [1.807, 2.05) is 0 Å². The lowest BCUT2D eigenvalue weighted by molar-refractivity contribution is -0.122. The van der Waals surface area contributed by atoms with Crippen LogP contribution in [0, 0.1) is 5.95 Å². The largest absolute Gasteiger partial charge is 0.352 e. The van der Waals surface area contributed by atoms with Gasteiger partial charge in [-0.05, 0) is 31.9 Å². The zero-order valence-electron chi connectivity index (χ0n) is 9.94. The van der Waals surface area contributed by atoms with Crippen LogP contribution >= 0.6 is 0 Å². The fourth-order valence-corrected chi connectivity index (χ4v) is 1.42. The van der Waals surface area contributed by atoms with Gasteiger partial charge in [0.05, 0.1) is 0 Å². The Hall–Kier alpha value is -1.98. The quantitative estimate of drug-likeness (QED) is 0.770. The van der Waals surface area contributed by atoms with Gasteiger partial charge in [0, 0.05) is 6.04 Å². The first-order valence-corrected chi connectivity index (χ1v) is 5.80. The molecule has 6 heteroatoms. The van der Waals surface area contributed by atoms with E-state index in [0.29, 0.717) is 0 Å². The fourth-order valence-electron chi connectivity index (χ4n) is 1.42. The van der Waals surface area contributed by atoms with Crippen molar-refractivity contribution in [2.75, 3.05) is 0 Å². The summed E-state index contributed by atoms with van der Waals surface area (Å²) in [6, 6.07) is 3.52. The van der Waals surface area contributed by atoms with Gasteiger partial charge in [0.15, 0.2) is 0 Å². The Morgan fingerprint density at radius 1 is 1.44 bits per heavy atom. The Labute approximate surface area is 104 Å². The molecule has 1 aromatic heterocycles. The highest BCUT2D eigenvalue weighted by molar-refractivity contribution is 5.95. The molecule has 0 spiro atoms. The maximum absolute atomic E-state index is 12.8. The summed E-state index contributed by atoms with van der Waals surface area (Å²) in [4.78, 5) is 26.7. The second kappa shape index (κ2) is 5.12. The molecule has 0 saturated heterocycles. The van der Waals surface area contributed by atoms with Crippen LogP contribution in [0.1, 0.15) is 30.3 Å². The molecule has 5 nitrogen and oxygen atoms in total. The van der Waals surface area contributed by atoms with E-state index in [2.05, 4.69) is 15.6 Å². The summed E-state index contributed by atoms with van der Waals surface area (Å²) < 4.78 is 12.8. The standard InChI is InChI=1S/C12H14FN3O2/c1-7(11(17)15-8-5-6-8)14-12(18)9-3-2-4-10(13)16-9/h2-4,7-8H,5-6H2,1H3,(H,14,18)(H,15,17). The summed E-state index contributed by atoms with van der Waals surface area (Å²) in [5.41, 5.74) is -0.0407. The van der Waals surface area contributed by atoms with Crippen LogP contribution in [0.3, 0.4) is 0 Å². The van der Waals surface area contributed by atoms with E-state index in [1.54, 1.807) is 6.92 Å². The normalized spacial score (nSPS) is 15.9. The number of hydrogen-bond acceptors (Lipinski definition) is 3. The molecule has 1 heterocycles. The average molecular weight is 251 g/mol. The highest BCUT2D eigenvalue weighted by Gasteiger charge is 2.26. The van der Waals surface area contributed by atoms with Crippen molar-refractivity contribution in [2.45, 2.75) is 31.8 Å². The highest BCUT2D eigenvalue weighted by atomic mass is 19.1. The van der Waals surface area contributed by atoms with Crippen molar-refractivity contribution in [3.8, 4) is 0 Å². The lowest BCUT2D eigenvalue weighted by Crippen LogP contribution is -2.45. The summed E-state index contributed by atoms with van der Waals surface area (Å²) in [6.45, 7) is 1.58. The number of pyridine rings is 1. The van der Waals surface area contributed by atoms with Crippen molar-refractivity contribution in [3.63, 3.8) is 0 Å². The fraction of sp³-hybridized carbons (Fsp3) is 0.417. The van der Waals surface area contributed by atoms with Crippen molar-refractivity contribution in [1.29, 1.82) is 0 Å². The smallest absolute Gasteiger partial charge is 0.270 e. The van der Waals surface area contributed by atoms with E-state index >= 15 is 0 Å². The lowest BCUT2D eigenvalue weighted by atomic mass is 10.2. The van der Waals surface area contributed by atoms with Crippen molar-refractivity contribution in [3.05, 3.63) is 29.8 Å². The minimum Gasteiger partial charge on any atom is -0.352 e. The topological polar surface area (TPSA) is 71.1 Å². The third-order valence-electron chi connectivity index (χ3n) is 2.61. The number of nitrogens with one attached hydrogen (secondary N) is 2. The first-order chi connectivity index (χ1) is 8.56. The van der Waals surface area contributed by atoms with Crippen LogP contribution in [0.4, 0.5) is 4.39 Å². The summed E-state index contributed by atoms with van der Waals surface area (Å²) in [6.07, 6.45) is 1.97. The number of hydrogen-bond donors (Lipinski definition) is 2. The number of nitrogens with zero attached hydrogens (tertiary/aromatic N) is 1. The van der Waals surface area contributed by atoms with E-state index in [9.17, 15) is 14.0 Å². The number of carbonyl (C=O) groups excluding carboxylic acids is 2. The van der Waals surface area contributed by atoms with E-state index in [-0.39, 0.29) is 17.6 Å². The molecule has 1 atom stereocenters. The first-order valence-electron chi connectivity index (χ1n) is 5.80. The summed E-state index contributed by atoms with van der Waals surface area (Å²) in [7, 11) is 0. The van der Waals surface area contributed by atoms with Crippen molar-refractivity contribution >= 4 is 11.8 Å². The Bertz CT molecular complexity index is 474. The molecule has 0 bridgehead atoms. The molecule has 96 valence electrons. The molecular formula is C12H14FN3O2. The van der Waals surface area contributed by atoms with Gasteiger partial charge in [-0.25, -0.2) is 4.98 Å². The third-order valence-corrected chi connectivity index (χ3v) is 2.61. The molecular weight excluding hydrogens is 237 g/mol. The van der Waals surface area contributed by atoms with Gasteiger partial charge in [-0.3, -0.25) is 9.59 Å². The minimum atomic E-state index is -0.724. The van der Waals surface area contributed by atoms with Crippen LogP contribution in [0.2, 0.25) is 0 Å². The molecule has 1 aliphatic carbocycles. The van der Waals surface area contributed by atoms with Gasteiger partial charge in [0.25, 0.3) is 5.91 Å². The molecule has 18 heavy (non-hydrogen) atoms. The van der Waals surface area contributed by atoms with Gasteiger partial charge in [0.1, 0.15) is 11.7 Å². The number of aromatic nitrogens is 1. The van der Waals surface area contributed by atoms with Gasteiger partial charge < -0.3 is 10.6 Å². The first kappa shape index (κ1) is 12.5. The molecule has 1 saturated carbocycles. The molecule has 2 N–H and O–H groups in total. The second-order valence-corrected chi connectivity index (χ2v) is 4.32. The molecule has 1 aliphatic rings. The van der Waals surface area contributed by atoms with Crippen LogP contribution in [-0.4, -0.2) is 28.9 Å². The van der Waals surface area contributed by atoms with Gasteiger partial charge in [0.2, 0.25) is 11.9 Å². The summed E-state index contributed by atoms with van der Waals surface area (Å²) in [5, 5.41) is 5.25. The second-order valence-electron chi connectivity index (χ2n) is 4.32. The predicted octanol–water partition coefficient (Wildman–Crippen LogP) is 0.618. The van der Waals surface area contributed by atoms with E-state index in [4.69, 9.17) is 0 Å². The Kier molecular flexibility index (Phi) is 3.55. The van der Waals surface area contributed by atoms with Crippen molar-refractivity contribution in [2.24, 2.45) is 0 Å². The summed E-state index contributed by atoms with van der Waals surface area (Å²) in [5.74, 6) is -1.52. The summed E-state index contributed by atoms with van der Waals surface area (Å²) >= 11 is 0.